The Balaban J connectivity index is 2.68. The average Bonchev–Trinajstić information content (AvgIpc) is 2.52. The van der Waals surface area contributed by atoms with Crippen LogP contribution in [0.3, 0.4) is 0 Å². The second kappa shape index (κ2) is 4.70. The Morgan fingerprint density at radius 1 is 1.69 bits per heavy atom. The van der Waals surface area contributed by atoms with Gasteiger partial charge in [-0.15, -0.1) is 0 Å². The van der Waals surface area contributed by atoms with Gasteiger partial charge >= 0.3 is 0 Å². The molecule has 0 radical (unpaired) electrons. The molecule has 0 bridgehead atoms. The third-order valence-electron chi connectivity index (χ3n) is 2.37. The van der Waals surface area contributed by atoms with Crippen LogP contribution in [-0.2, 0) is 0 Å². The fourth-order valence-corrected chi connectivity index (χ4v) is 1.98. The van der Waals surface area contributed by atoms with Crippen molar-refractivity contribution >= 4 is 17.2 Å². The molecule has 1 nitrogen and oxygen atoms in total. The summed E-state index contributed by atoms with van der Waals surface area (Å²) in [5.41, 5.74) is 0. The fraction of sp³-hybridized carbons (Fsp3) is 0.700. The van der Waals surface area contributed by atoms with Gasteiger partial charge in [-0.3, -0.25) is 0 Å². The highest BCUT2D eigenvalue weighted by molar-refractivity contribution is 7.80. The van der Waals surface area contributed by atoms with Gasteiger partial charge in [0.05, 0.1) is 11.0 Å². The van der Waals surface area contributed by atoms with Crippen LogP contribution in [0.2, 0.25) is 0 Å². The number of allylic oxidation sites excluding steroid dienone is 1. The molecule has 3 heteroatoms. The minimum absolute atomic E-state index is 0.01000. The molecule has 0 amide bonds. The van der Waals surface area contributed by atoms with Crippen molar-refractivity contribution in [1.82, 2.24) is 4.90 Å². The minimum atomic E-state index is -0.0718. The van der Waals surface area contributed by atoms with E-state index < -0.39 is 0 Å². The molecule has 1 heterocycles. The summed E-state index contributed by atoms with van der Waals surface area (Å²) in [6.45, 7) is 4.72. The summed E-state index contributed by atoms with van der Waals surface area (Å²) >= 11 is 5.07. The second-order valence-corrected chi connectivity index (χ2v) is 3.96. The van der Waals surface area contributed by atoms with Gasteiger partial charge in [0.25, 0.3) is 0 Å². The standard InChI is InChI=1S/C10H16FNS/c1-3-5-9(11)10-6-4-7-12(10)8(2)13/h5,10H,3-4,6-7H2,1-2H3/b9-5-/t10-/m0/s1. The number of likely N-dealkylation sites (tertiary alicyclic amines) is 1. The number of thiocarbonyl (C=S) groups is 1. The molecule has 1 atom stereocenters. The molecule has 1 aliphatic heterocycles. The van der Waals surface area contributed by atoms with E-state index in [1.807, 2.05) is 18.7 Å². The lowest BCUT2D eigenvalue weighted by atomic mass is 10.2. The van der Waals surface area contributed by atoms with E-state index in [2.05, 4.69) is 0 Å². The van der Waals surface area contributed by atoms with E-state index in [1.54, 1.807) is 6.08 Å². The van der Waals surface area contributed by atoms with Crippen molar-refractivity contribution in [3.63, 3.8) is 0 Å². The summed E-state index contributed by atoms with van der Waals surface area (Å²) in [5.74, 6) is -0.01000. The first-order valence-electron chi connectivity index (χ1n) is 4.79. The van der Waals surface area contributed by atoms with Crippen LogP contribution in [0.4, 0.5) is 4.39 Å². The van der Waals surface area contributed by atoms with E-state index >= 15 is 0 Å². The largest absolute Gasteiger partial charge is 0.357 e. The van der Waals surface area contributed by atoms with Crippen LogP contribution in [0, 0.1) is 0 Å². The van der Waals surface area contributed by atoms with E-state index in [0.717, 1.165) is 30.8 Å². The molecule has 74 valence electrons. The van der Waals surface area contributed by atoms with Gasteiger partial charge in [0.15, 0.2) is 0 Å². The molecule has 0 aliphatic carbocycles. The van der Waals surface area contributed by atoms with Crippen LogP contribution < -0.4 is 0 Å². The summed E-state index contributed by atoms with van der Waals surface area (Å²) in [4.78, 5) is 2.79. The van der Waals surface area contributed by atoms with E-state index in [-0.39, 0.29) is 11.9 Å². The molecule has 1 fully saturated rings. The molecular formula is C10H16FNS. The Bertz CT molecular complexity index is 225. The summed E-state index contributed by atoms with van der Waals surface area (Å²) in [6.07, 6.45) is 4.36. The molecule has 0 aromatic carbocycles. The van der Waals surface area contributed by atoms with Crippen LogP contribution in [-0.4, -0.2) is 22.5 Å². The van der Waals surface area contributed by atoms with E-state index in [1.165, 1.54) is 0 Å². The molecule has 0 N–H and O–H groups in total. The van der Waals surface area contributed by atoms with Crippen LogP contribution in [0.1, 0.15) is 33.1 Å². The van der Waals surface area contributed by atoms with E-state index in [4.69, 9.17) is 12.2 Å². The van der Waals surface area contributed by atoms with Gasteiger partial charge in [0.1, 0.15) is 5.83 Å². The molecule has 0 spiro atoms. The molecular weight excluding hydrogens is 185 g/mol. The van der Waals surface area contributed by atoms with Crippen molar-refractivity contribution in [3.05, 3.63) is 11.9 Å². The van der Waals surface area contributed by atoms with E-state index in [9.17, 15) is 4.39 Å². The molecule has 1 saturated heterocycles. The highest BCUT2D eigenvalue weighted by Crippen LogP contribution is 2.25. The Morgan fingerprint density at radius 3 is 2.92 bits per heavy atom. The van der Waals surface area contributed by atoms with Gasteiger partial charge in [-0.2, -0.15) is 0 Å². The smallest absolute Gasteiger partial charge is 0.118 e. The number of hydrogen-bond donors (Lipinski definition) is 0. The van der Waals surface area contributed by atoms with Crippen molar-refractivity contribution in [2.75, 3.05) is 6.54 Å². The lowest BCUT2D eigenvalue weighted by Crippen LogP contribution is -2.32. The number of halogens is 1. The Labute approximate surface area is 84.6 Å². The Hall–Kier alpha value is -0.440. The summed E-state index contributed by atoms with van der Waals surface area (Å²) in [6, 6.07) is -0.0718. The Morgan fingerprint density at radius 2 is 2.38 bits per heavy atom. The van der Waals surface area contributed by atoms with Crippen molar-refractivity contribution in [3.8, 4) is 0 Å². The first-order chi connectivity index (χ1) is 6.16. The van der Waals surface area contributed by atoms with Crippen molar-refractivity contribution in [1.29, 1.82) is 0 Å². The third-order valence-corrected chi connectivity index (χ3v) is 2.61. The number of hydrogen-bond acceptors (Lipinski definition) is 1. The lowest BCUT2D eigenvalue weighted by molar-refractivity contribution is 0.375. The average molecular weight is 201 g/mol. The molecule has 0 unspecified atom stereocenters. The fourth-order valence-electron chi connectivity index (χ4n) is 1.76. The van der Waals surface area contributed by atoms with Gasteiger partial charge in [0.2, 0.25) is 0 Å². The Kier molecular flexibility index (Phi) is 3.85. The maximum Gasteiger partial charge on any atom is 0.118 e. The first-order valence-corrected chi connectivity index (χ1v) is 5.20. The summed E-state index contributed by atoms with van der Waals surface area (Å²) < 4.78 is 13.5. The second-order valence-electron chi connectivity index (χ2n) is 3.37. The molecule has 1 aliphatic rings. The van der Waals surface area contributed by atoms with E-state index in [0.29, 0.717) is 0 Å². The minimum Gasteiger partial charge on any atom is -0.357 e. The monoisotopic (exact) mass is 201 g/mol. The van der Waals surface area contributed by atoms with Gasteiger partial charge in [-0.1, -0.05) is 25.2 Å². The van der Waals surface area contributed by atoms with Crippen LogP contribution in [0.5, 0.6) is 0 Å². The SMILES string of the molecule is CC/C=C(\F)[C@@H]1CCCN1C(C)=S. The maximum atomic E-state index is 13.5. The lowest BCUT2D eigenvalue weighted by Gasteiger charge is -2.24. The summed E-state index contributed by atoms with van der Waals surface area (Å²) in [5, 5.41) is 0. The topological polar surface area (TPSA) is 3.24 Å². The summed E-state index contributed by atoms with van der Waals surface area (Å²) in [7, 11) is 0. The van der Waals surface area contributed by atoms with Crippen molar-refractivity contribution < 1.29 is 4.39 Å². The van der Waals surface area contributed by atoms with Crippen LogP contribution in [0.25, 0.3) is 0 Å². The maximum absolute atomic E-state index is 13.5. The molecule has 13 heavy (non-hydrogen) atoms. The zero-order valence-electron chi connectivity index (χ0n) is 8.22. The van der Waals surface area contributed by atoms with Crippen molar-refractivity contribution in [2.24, 2.45) is 0 Å². The van der Waals surface area contributed by atoms with Gasteiger partial charge < -0.3 is 4.90 Å². The van der Waals surface area contributed by atoms with Gasteiger partial charge in [-0.05, 0) is 26.2 Å². The quantitative estimate of drug-likeness (QED) is 0.632. The molecule has 0 saturated carbocycles. The number of rotatable bonds is 2. The first kappa shape index (κ1) is 10.6. The molecule has 0 aromatic rings. The zero-order valence-corrected chi connectivity index (χ0v) is 9.03. The molecule has 1 rings (SSSR count). The zero-order chi connectivity index (χ0) is 9.84. The van der Waals surface area contributed by atoms with Crippen LogP contribution in [0.15, 0.2) is 11.9 Å². The highest BCUT2D eigenvalue weighted by Gasteiger charge is 2.27. The van der Waals surface area contributed by atoms with Crippen LogP contribution >= 0.6 is 12.2 Å². The van der Waals surface area contributed by atoms with Gasteiger partial charge in [0, 0.05) is 6.54 Å². The number of nitrogens with zero attached hydrogens (tertiary/aromatic N) is 1. The predicted octanol–water partition coefficient (Wildman–Crippen LogP) is 3.06. The van der Waals surface area contributed by atoms with Gasteiger partial charge in [-0.25, -0.2) is 4.39 Å². The predicted molar refractivity (Wildman–Crippen MR) is 57.5 cm³/mol. The third kappa shape index (κ3) is 2.50. The highest BCUT2D eigenvalue weighted by atomic mass is 32.1. The van der Waals surface area contributed by atoms with Crippen molar-refractivity contribution in [2.45, 2.75) is 39.2 Å². The normalized spacial score (nSPS) is 23.8. The molecule has 0 aromatic heterocycles.